The first-order valence-corrected chi connectivity index (χ1v) is 5.75. The molecular formula is C13H21NO2. The molecule has 1 aromatic rings. The third-order valence-corrected chi connectivity index (χ3v) is 2.40. The molecule has 0 saturated carbocycles. The summed E-state index contributed by atoms with van der Waals surface area (Å²) < 4.78 is 11.1. The van der Waals surface area contributed by atoms with E-state index in [9.17, 15) is 0 Å². The van der Waals surface area contributed by atoms with Gasteiger partial charge in [-0.3, -0.25) is 0 Å². The lowest BCUT2D eigenvalue weighted by atomic mass is 10.0. The van der Waals surface area contributed by atoms with Crippen LogP contribution >= 0.6 is 0 Å². The maximum absolute atomic E-state index is 5.92. The summed E-state index contributed by atoms with van der Waals surface area (Å²) in [6, 6.07) is 3.92. The van der Waals surface area contributed by atoms with Crippen LogP contribution in [0.1, 0.15) is 37.9 Å². The van der Waals surface area contributed by atoms with Crippen LogP contribution in [0.5, 0.6) is 11.5 Å². The van der Waals surface area contributed by atoms with Crippen LogP contribution in [0.15, 0.2) is 12.1 Å². The zero-order valence-corrected chi connectivity index (χ0v) is 10.5. The van der Waals surface area contributed by atoms with Crippen molar-refractivity contribution in [2.75, 3.05) is 13.2 Å². The number of ether oxygens (including phenoxy) is 2. The van der Waals surface area contributed by atoms with Gasteiger partial charge in [0, 0.05) is 11.6 Å². The highest BCUT2D eigenvalue weighted by atomic mass is 16.5. The Morgan fingerprint density at radius 3 is 2.19 bits per heavy atom. The predicted molar refractivity (Wildman–Crippen MR) is 66.1 cm³/mol. The summed E-state index contributed by atoms with van der Waals surface area (Å²) in [5, 5.41) is 0. The Morgan fingerprint density at radius 2 is 1.69 bits per heavy atom. The third kappa shape index (κ3) is 2.89. The Hall–Kier alpha value is -1.22. The standard InChI is InChI=1S/C13H21NO2/c1-5-15-12-8-11(10(4)14)13(16-6-2)7-9(12)3/h7-8,10H,5-6,14H2,1-4H3. The molecule has 0 amide bonds. The molecule has 0 aliphatic heterocycles. The van der Waals surface area contributed by atoms with Gasteiger partial charge >= 0.3 is 0 Å². The fraction of sp³-hybridized carbons (Fsp3) is 0.538. The quantitative estimate of drug-likeness (QED) is 0.834. The maximum Gasteiger partial charge on any atom is 0.124 e. The van der Waals surface area contributed by atoms with Crippen LogP contribution in [0.2, 0.25) is 0 Å². The van der Waals surface area contributed by atoms with E-state index >= 15 is 0 Å². The molecule has 0 aromatic heterocycles. The van der Waals surface area contributed by atoms with E-state index < -0.39 is 0 Å². The predicted octanol–water partition coefficient (Wildman–Crippen LogP) is 2.81. The molecule has 0 bridgehead atoms. The van der Waals surface area contributed by atoms with Crippen molar-refractivity contribution in [3.63, 3.8) is 0 Å². The molecule has 1 unspecified atom stereocenters. The summed E-state index contributed by atoms with van der Waals surface area (Å²) in [6.07, 6.45) is 0. The van der Waals surface area contributed by atoms with Gasteiger partial charge in [0.25, 0.3) is 0 Å². The van der Waals surface area contributed by atoms with E-state index in [2.05, 4.69) is 0 Å². The van der Waals surface area contributed by atoms with Gasteiger partial charge in [0.15, 0.2) is 0 Å². The van der Waals surface area contributed by atoms with Crippen LogP contribution < -0.4 is 15.2 Å². The highest BCUT2D eigenvalue weighted by Gasteiger charge is 2.12. The molecule has 16 heavy (non-hydrogen) atoms. The second-order valence-corrected chi connectivity index (χ2v) is 3.81. The van der Waals surface area contributed by atoms with Gasteiger partial charge in [-0.05, 0) is 45.4 Å². The molecule has 3 nitrogen and oxygen atoms in total. The van der Waals surface area contributed by atoms with Gasteiger partial charge < -0.3 is 15.2 Å². The first-order chi connectivity index (χ1) is 7.60. The Kier molecular flexibility index (Phi) is 4.62. The van der Waals surface area contributed by atoms with Gasteiger partial charge in [-0.25, -0.2) is 0 Å². The highest BCUT2D eigenvalue weighted by Crippen LogP contribution is 2.31. The Morgan fingerprint density at radius 1 is 1.12 bits per heavy atom. The number of nitrogens with two attached hydrogens (primary N) is 1. The Bertz CT molecular complexity index is 348. The number of hydrogen-bond donors (Lipinski definition) is 1. The Balaban J connectivity index is 3.14. The normalized spacial score (nSPS) is 12.3. The van der Waals surface area contributed by atoms with Crippen molar-refractivity contribution >= 4 is 0 Å². The highest BCUT2D eigenvalue weighted by molar-refractivity contribution is 5.47. The van der Waals surface area contributed by atoms with Crippen LogP contribution in [0.3, 0.4) is 0 Å². The van der Waals surface area contributed by atoms with Crippen molar-refractivity contribution in [2.45, 2.75) is 33.7 Å². The minimum atomic E-state index is -0.0543. The van der Waals surface area contributed by atoms with E-state index in [0.717, 1.165) is 22.6 Å². The van der Waals surface area contributed by atoms with Gasteiger partial charge in [0.05, 0.1) is 13.2 Å². The van der Waals surface area contributed by atoms with E-state index in [1.807, 2.05) is 39.8 Å². The van der Waals surface area contributed by atoms with Crippen LogP contribution in [0.25, 0.3) is 0 Å². The molecule has 0 radical (unpaired) electrons. The molecule has 2 N–H and O–H groups in total. The lowest BCUT2D eigenvalue weighted by molar-refractivity contribution is 0.324. The molecule has 3 heteroatoms. The van der Waals surface area contributed by atoms with Gasteiger partial charge in [-0.2, -0.15) is 0 Å². The lowest BCUT2D eigenvalue weighted by Crippen LogP contribution is -2.09. The fourth-order valence-electron chi connectivity index (χ4n) is 1.62. The average Bonchev–Trinajstić information content (AvgIpc) is 2.22. The van der Waals surface area contributed by atoms with Gasteiger partial charge in [-0.15, -0.1) is 0 Å². The minimum absolute atomic E-state index is 0.0543. The van der Waals surface area contributed by atoms with Crippen molar-refractivity contribution in [3.8, 4) is 11.5 Å². The molecule has 0 aliphatic rings. The molecule has 0 saturated heterocycles. The topological polar surface area (TPSA) is 44.5 Å². The second kappa shape index (κ2) is 5.75. The summed E-state index contributed by atoms with van der Waals surface area (Å²) in [5.41, 5.74) is 8.00. The van der Waals surface area contributed by atoms with E-state index in [1.54, 1.807) is 0 Å². The van der Waals surface area contributed by atoms with Crippen LogP contribution in [-0.4, -0.2) is 13.2 Å². The van der Waals surface area contributed by atoms with Crippen molar-refractivity contribution in [1.29, 1.82) is 0 Å². The molecule has 1 aromatic carbocycles. The molecule has 0 spiro atoms. The van der Waals surface area contributed by atoms with Crippen LogP contribution in [0.4, 0.5) is 0 Å². The van der Waals surface area contributed by atoms with Gasteiger partial charge in [0.2, 0.25) is 0 Å². The van der Waals surface area contributed by atoms with E-state index in [1.165, 1.54) is 0 Å². The average molecular weight is 223 g/mol. The smallest absolute Gasteiger partial charge is 0.124 e. The third-order valence-electron chi connectivity index (χ3n) is 2.40. The number of rotatable bonds is 5. The first-order valence-electron chi connectivity index (χ1n) is 5.75. The van der Waals surface area contributed by atoms with Gasteiger partial charge in [-0.1, -0.05) is 0 Å². The molecule has 0 fully saturated rings. The number of aryl methyl sites for hydroxylation is 1. The summed E-state index contributed by atoms with van der Waals surface area (Å²) in [6.45, 7) is 9.21. The lowest BCUT2D eigenvalue weighted by Gasteiger charge is -2.17. The van der Waals surface area contributed by atoms with E-state index in [0.29, 0.717) is 13.2 Å². The molecule has 90 valence electrons. The van der Waals surface area contributed by atoms with Crippen molar-refractivity contribution in [2.24, 2.45) is 5.73 Å². The van der Waals surface area contributed by atoms with Crippen molar-refractivity contribution in [1.82, 2.24) is 0 Å². The molecule has 1 rings (SSSR count). The summed E-state index contributed by atoms with van der Waals surface area (Å²) in [7, 11) is 0. The summed E-state index contributed by atoms with van der Waals surface area (Å²) in [5.74, 6) is 1.75. The SMILES string of the molecule is CCOc1cc(C(C)N)c(OCC)cc1C. The van der Waals surface area contributed by atoms with E-state index in [-0.39, 0.29) is 6.04 Å². The monoisotopic (exact) mass is 223 g/mol. The number of hydrogen-bond acceptors (Lipinski definition) is 3. The largest absolute Gasteiger partial charge is 0.494 e. The van der Waals surface area contributed by atoms with E-state index in [4.69, 9.17) is 15.2 Å². The molecular weight excluding hydrogens is 202 g/mol. The Labute approximate surface area is 97.6 Å². The van der Waals surface area contributed by atoms with Crippen LogP contribution in [-0.2, 0) is 0 Å². The summed E-state index contributed by atoms with van der Waals surface area (Å²) >= 11 is 0. The second-order valence-electron chi connectivity index (χ2n) is 3.81. The first kappa shape index (κ1) is 12.8. The zero-order valence-electron chi connectivity index (χ0n) is 10.5. The van der Waals surface area contributed by atoms with Crippen molar-refractivity contribution in [3.05, 3.63) is 23.3 Å². The minimum Gasteiger partial charge on any atom is -0.494 e. The fourth-order valence-corrected chi connectivity index (χ4v) is 1.62. The molecule has 0 heterocycles. The molecule has 1 atom stereocenters. The maximum atomic E-state index is 5.92. The summed E-state index contributed by atoms with van der Waals surface area (Å²) in [4.78, 5) is 0. The zero-order chi connectivity index (χ0) is 12.1. The number of benzene rings is 1. The molecule has 0 aliphatic carbocycles. The van der Waals surface area contributed by atoms with Gasteiger partial charge in [0.1, 0.15) is 11.5 Å². The van der Waals surface area contributed by atoms with Crippen molar-refractivity contribution < 1.29 is 9.47 Å². The van der Waals surface area contributed by atoms with Crippen LogP contribution in [0, 0.1) is 6.92 Å².